The molecule has 1 aromatic carbocycles. The van der Waals surface area contributed by atoms with Crippen LogP contribution in [0.15, 0.2) is 18.2 Å². The second kappa shape index (κ2) is 6.98. The van der Waals surface area contributed by atoms with Gasteiger partial charge in [0.15, 0.2) is 0 Å². The lowest BCUT2D eigenvalue weighted by molar-refractivity contribution is -0.140. The molecular weight excluding hydrogens is 299 g/mol. The average Bonchev–Trinajstić information content (AvgIpc) is 2.51. The third-order valence-electron chi connectivity index (χ3n) is 3.99. The molecule has 0 unspecified atom stereocenters. The maximum Gasteiger partial charge on any atom is 0.258 e. The molecule has 0 saturated carbocycles. The van der Waals surface area contributed by atoms with E-state index < -0.39 is 11.9 Å². The van der Waals surface area contributed by atoms with Crippen LogP contribution in [0.25, 0.3) is 0 Å². The highest BCUT2D eigenvalue weighted by atomic mass is 19.1. The van der Waals surface area contributed by atoms with Crippen molar-refractivity contribution in [2.45, 2.75) is 26.8 Å². The maximum atomic E-state index is 13.5. The van der Waals surface area contributed by atoms with Gasteiger partial charge in [0.05, 0.1) is 12.7 Å². The molecule has 1 fully saturated rings. The Kier molecular flexibility index (Phi) is 5.23. The summed E-state index contributed by atoms with van der Waals surface area (Å²) < 4.78 is 18.6. The van der Waals surface area contributed by atoms with Crippen molar-refractivity contribution in [1.82, 2.24) is 9.80 Å². The Morgan fingerprint density at radius 3 is 2.70 bits per heavy atom. The number of hydrogen-bond donors (Lipinski definition) is 0. The molecular formula is C17H23FN2O3. The molecule has 1 aliphatic heterocycles. The number of carbonyl (C=O) groups is 2. The minimum Gasteiger partial charge on any atom is -0.496 e. The van der Waals surface area contributed by atoms with Crippen LogP contribution in [0.5, 0.6) is 5.75 Å². The van der Waals surface area contributed by atoms with Crippen LogP contribution >= 0.6 is 0 Å². The van der Waals surface area contributed by atoms with Gasteiger partial charge >= 0.3 is 0 Å². The Morgan fingerprint density at radius 1 is 1.39 bits per heavy atom. The Bertz CT molecular complexity index is 604. The number of halogens is 1. The van der Waals surface area contributed by atoms with E-state index in [4.69, 9.17) is 4.74 Å². The molecule has 0 spiro atoms. The van der Waals surface area contributed by atoms with E-state index in [1.807, 2.05) is 13.8 Å². The molecule has 1 aliphatic rings. The summed E-state index contributed by atoms with van der Waals surface area (Å²) in [7, 11) is 1.43. The van der Waals surface area contributed by atoms with Gasteiger partial charge in [-0.15, -0.1) is 0 Å². The van der Waals surface area contributed by atoms with Gasteiger partial charge < -0.3 is 14.5 Å². The number of nitrogens with zero attached hydrogens (tertiary/aromatic N) is 2. The van der Waals surface area contributed by atoms with Crippen molar-refractivity contribution in [3.63, 3.8) is 0 Å². The Morgan fingerprint density at radius 2 is 2.09 bits per heavy atom. The molecule has 1 saturated heterocycles. The monoisotopic (exact) mass is 322 g/mol. The first-order valence-electron chi connectivity index (χ1n) is 7.78. The second-order valence-electron chi connectivity index (χ2n) is 6.20. The van der Waals surface area contributed by atoms with Crippen LogP contribution in [-0.2, 0) is 4.79 Å². The van der Waals surface area contributed by atoms with E-state index >= 15 is 0 Å². The molecule has 1 heterocycles. The Balaban J connectivity index is 2.21. The minimum absolute atomic E-state index is 0.0753. The van der Waals surface area contributed by atoms with Crippen molar-refractivity contribution in [2.75, 3.05) is 26.7 Å². The number of piperazine rings is 1. The molecule has 1 atom stereocenters. The van der Waals surface area contributed by atoms with Crippen molar-refractivity contribution in [2.24, 2.45) is 5.92 Å². The van der Waals surface area contributed by atoms with Gasteiger partial charge in [0, 0.05) is 19.6 Å². The topological polar surface area (TPSA) is 49.9 Å². The first-order chi connectivity index (χ1) is 10.8. The molecule has 6 heteroatoms. The van der Waals surface area contributed by atoms with E-state index in [1.165, 1.54) is 24.1 Å². The highest BCUT2D eigenvalue weighted by Gasteiger charge is 2.35. The number of hydrogen-bond acceptors (Lipinski definition) is 3. The summed E-state index contributed by atoms with van der Waals surface area (Å²) in [6.07, 6.45) is 0. The number of rotatable bonds is 4. The number of ether oxygens (including phenoxy) is 1. The fourth-order valence-corrected chi connectivity index (χ4v) is 2.83. The number of methoxy groups -OCH3 is 1. The van der Waals surface area contributed by atoms with Crippen LogP contribution in [0.2, 0.25) is 0 Å². The highest BCUT2D eigenvalue weighted by molar-refractivity contribution is 6.00. The van der Waals surface area contributed by atoms with Gasteiger partial charge in [-0.25, -0.2) is 4.39 Å². The Hall–Kier alpha value is -2.11. The molecule has 2 rings (SSSR count). The lowest BCUT2D eigenvalue weighted by atomic mass is 10.1. The van der Waals surface area contributed by atoms with Crippen LogP contribution in [0, 0.1) is 11.7 Å². The van der Waals surface area contributed by atoms with E-state index in [1.54, 1.807) is 11.8 Å². The highest BCUT2D eigenvalue weighted by Crippen LogP contribution is 2.24. The molecule has 5 nitrogen and oxygen atoms in total. The third-order valence-corrected chi connectivity index (χ3v) is 3.99. The van der Waals surface area contributed by atoms with Gasteiger partial charge in [-0.1, -0.05) is 13.8 Å². The lowest BCUT2D eigenvalue weighted by Gasteiger charge is -2.40. The molecule has 23 heavy (non-hydrogen) atoms. The van der Waals surface area contributed by atoms with Crippen molar-refractivity contribution in [1.29, 1.82) is 0 Å². The summed E-state index contributed by atoms with van der Waals surface area (Å²) in [5.74, 6) is -0.288. The maximum absolute atomic E-state index is 13.5. The van der Waals surface area contributed by atoms with Crippen molar-refractivity contribution in [3.05, 3.63) is 29.6 Å². The van der Waals surface area contributed by atoms with Gasteiger partial charge in [-0.2, -0.15) is 0 Å². The Labute approximate surface area is 136 Å². The fraction of sp³-hybridized carbons (Fsp3) is 0.529. The average molecular weight is 322 g/mol. The van der Waals surface area contributed by atoms with Crippen molar-refractivity contribution < 1.29 is 18.7 Å². The van der Waals surface area contributed by atoms with Crippen LogP contribution in [-0.4, -0.2) is 54.4 Å². The van der Waals surface area contributed by atoms with E-state index in [2.05, 4.69) is 0 Å². The molecule has 0 N–H and O–H groups in total. The lowest BCUT2D eigenvalue weighted by Crippen LogP contribution is -2.58. The van der Waals surface area contributed by atoms with Gasteiger partial charge in [-0.05, 0) is 31.0 Å². The van der Waals surface area contributed by atoms with Crippen LogP contribution in [0.4, 0.5) is 4.39 Å². The van der Waals surface area contributed by atoms with E-state index in [0.29, 0.717) is 31.3 Å². The predicted octanol–water partition coefficient (Wildman–Crippen LogP) is 2.16. The summed E-state index contributed by atoms with van der Waals surface area (Å²) in [5, 5.41) is 0. The quantitative estimate of drug-likeness (QED) is 0.853. The summed E-state index contributed by atoms with van der Waals surface area (Å²) in [5.41, 5.74) is 0.143. The first kappa shape index (κ1) is 17.2. The summed E-state index contributed by atoms with van der Waals surface area (Å²) >= 11 is 0. The second-order valence-corrected chi connectivity index (χ2v) is 6.20. The SMILES string of the molecule is COc1ccc(F)cc1C(=O)N1CCN(CC(C)C)C(=O)[C@H]1C. The molecule has 126 valence electrons. The molecule has 0 aromatic heterocycles. The van der Waals surface area contributed by atoms with Gasteiger partial charge in [0.2, 0.25) is 5.91 Å². The van der Waals surface area contributed by atoms with Gasteiger partial charge in [0.25, 0.3) is 5.91 Å². The van der Waals surface area contributed by atoms with E-state index in [-0.39, 0.29) is 17.4 Å². The van der Waals surface area contributed by atoms with Crippen molar-refractivity contribution in [3.8, 4) is 5.75 Å². The third kappa shape index (κ3) is 3.63. The zero-order valence-electron chi connectivity index (χ0n) is 14.0. The van der Waals surface area contributed by atoms with E-state index in [9.17, 15) is 14.0 Å². The smallest absolute Gasteiger partial charge is 0.258 e. The van der Waals surface area contributed by atoms with Crippen LogP contribution < -0.4 is 4.74 Å². The molecule has 0 radical (unpaired) electrons. The number of amides is 2. The standard InChI is InChI=1S/C17H23FN2O3/c1-11(2)10-19-7-8-20(12(3)16(19)21)17(22)14-9-13(18)5-6-15(14)23-4/h5-6,9,11-12H,7-8,10H2,1-4H3/t12-/m1/s1. The molecule has 1 aromatic rings. The predicted molar refractivity (Wildman–Crippen MR) is 84.9 cm³/mol. The van der Waals surface area contributed by atoms with Crippen LogP contribution in [0.1, 0.15) is 31.1 Å². The minimum atomic E-state index is -0.567. The molecule has 2 amide bonds. The summed E-state index contributed by atoms with van der Waals surface area (Å²) in [6, 6.07) is 3.25. The fourth-order valence-electron chi connectivity index (χ4n) is 2.83. The number of carbonyl (C=O) groups excluding carboxylic acids is 2. The molecule has 0 aliphatic carbocycles. The number of benzene rings is 1. The van der Waals surface area contributed by atoms with E-state index in [0.717, 1.165) is 6.07 Å². The van der Waals surface area contributed by atoms with Crippen molar-refractivity contribution >= 4 is 11.8 Å². The normalized spacial score (nSPS) is 18.5. The zero-order valence-corrected chi connectivity index (χ0v) is 14.0. The largest absolute Gasteiger partial charge is 0.496 e. The summed E-state index contributed by atoms with van der Waals surface area (Å²) in [6.45, 7) is 7.40. The molecule has 0 bridgehead atoms. The van der Waals surface area contributed by atoms with Crippen LogP contribution in [0.3, 0.4) is 0 Å². The zero-order chi connectivity index (χ0) is 17.1. The van der Waals surface area contributed by atoms with Gasteiger partial charge in [0.1, 0.15) is 17.6 Å². The summed E-state index contributed by atoms with van der Waals surface area (Å²) in [4.78, 5) is 28.4. The first-order valence-corrected chi connectivity index (χ1v) is 7.78. The van der Waals surface area contributed by atoms with Gasteiger partial charge in [-0.3, -0.25) is 9.59 Å².